The largest absolute Gasteiger partial charge is 0.353 e. The average Bonchev–Trinajstić information content (AvgIpc) is 2.11. The van der Waals surface area contributed by atoms with Crippen LogP contribution in [0.2, 0.25) is 0 Å². The summed E-state index contributed by atoms with van der Waals surface area (Å²) >= 11 is 1.78. The van der Waals surface area contributed by atoms with E-state index in [2.05, 4.69) is 20.1 Å². The summed E-state index contributed by atoms with van der Waals surface area (Å²) in [6, 6.07) is 0. The lowest BCUT2D eigenvalue weighted by Crippen LogP contribution is -2.24. The molecule has 0 spiro atoms. The van der Waals surface area contributed by atoms with Gasteiger partial charge in [0.25, 0.3) is 0 Å². The predicted octanol–water partition coefficient (Wildman–Crippen LogP) is 1.60. The highest BCUT2D eigenvalue weighted by Gasteiger charge is 1.97. The monoisotopic (exact) mass is 193 g/mol. The first kappa shape index (κ1) is 12.2. The number of nitrogens with zero attached hydrogens (tertiary/aromatic N) is 1. The van der Waals surface area contributed by atoms with E-state index in [0.717, 1.165) is 25.4 Å². The third-order valence-corrected chi connectivity index (χ3v) is 2.03. The first-order valence-corrected chi connectivity index (χ1v) is 5.69. The maximum atomic E-state index is 5.29. The van der Waals surface area contributed by atoms with Crippen LogP contribution in [0.15, 0.2) is 0 Å². The van der Waals surface area contributed by atoms with Crippen molar-refractivity contribution in [2.75, 3.05) is 38.5 Å². The summed E-state index contributed by atoms with van der Waals surface area (Å²) in [6.07, 6.45) is 2.06. The Hall–Kier alpha value is 0.230. The van der Waals surface area contributed by atoms with Crippen LogP contribution in [0.4, 0.5) is 0 Å². The van der Waals surface area contributed by atoms with Crippen molar-refractivity contribution in [2.24, 2.45) is 0 Å². The van der Waals surface area contributed by atoms with Crippen LogP contribution >= 0.6 is 11.8 Å². The van der Waals surface area contributed by atoms with Gasteiger partial charge in [-0.3, -0.25) is 4.84 Å². The molecule has 0 radical (unpaired) electrons. The first-order chi connectivity index (χ1) is 5.85. The SMILES string of the molecule is CCN(CC)OCOCCSC. The molecule has 12 heavy (non-hydrogen) atoms. The Labute approximate surface area is 79.4 Å². The zero-order valence-electron chi connectivity index (χ0n) is 8.21. The number of ether oxygens (including phenoxy) is 1. The summed E-state index contributed by atoms with van der Waals surface area (Å²) in [7, 11) is 0. The molecule has 0 amide bonds. The fourth-order valence-corrected chi connectivity index (χ4v) is 1.00. The normalized spacial score (nSPS) is 11.0. The van der Waals surface area contributed by atoms with Gasteiger partial charge in [0.15, 0.2) is 6.79 Å². The van der Waals surface area contributed by atoms with Gasteiger partial charge in [0, 0.05) is 18.8 Å². The summed E-state index contributed by atoms with van der Waals surface area (Å²) in [5.74, 6) is 1.03. The molecule has 0 saturated carbocycles. The highest BCUT2D eigenvalue weighted by molar-refractivity contribution is 7.98. The van der Waals surface area contributed by atoms with Gasteiger partial charge >= 0.3 is 0 Å². The van der Waals surface area contributed by atoms with E-state index in [1.54, 1.807) is 11.8 Å². The second-order valence-electron chi connectivity index (χ2n) is 2.26. The van der Waals surface area contributed by atoms with E-state index in [1.807, 2.05) is 5.06 Å². The Bertz CT molecular complexity index is 89.1. The Morgan fingerprint density at radius 3 is 2.42 bits per heavy atom. The van der Waals surface area contributed by atoms with E-state index >= 15 is 0 Å². The molecule has 0 aromatic rings. The number of rotatable bonds is 8. The topological polar surface area (TPSA) is 21.7 Å². The first-order valence-electron chi connectivity index (χ1n) is 4.29. The highest BCUT2D eigenvalue weighted by atomic mass is 32.2. The van der Waals surface area contributed by atoms with E-state index in [-0.39, 0.29) is 0 Å². The van der Waals surface area contributed by atoms with Gasteiger partial charge in [-0.25, -0.2) is 0 Å². The second kappa shape index (κ2) is 9.32. The van der Waals surface area contributed by atoms with Crippen molar-refractivity contribution in [2.45, 2.75) is 13.8 Å². The summed E-state index contributed by atoms with van der Waals surface area (Å²) in [4.78, 5) is 5.29. The van der Waals surface area contributed by atoms with Gasteiger partial charge in [-0.1, -0.05) is 13.8 Å². The molecule has 0 rings (SSSR count). The van der Waals surface area contributed by atoms with Crippen molar-refractivity contribution in [1.82, 2.24) is 5.06 Å². The van der Waals surface area contributed by atoms with Gasteiger partial charge in [-0.15, -0.1) is 0 Å². The van der Waals surface area contributed by atoms with E-state index in [1.165, 1.54) is 0 Å². The zero-order chi connectivity index (χ0) is 9.23. The molecule has 3 nitrogen and oxygen atoms in total. The molecule has 0 heterocycles. The predicted molar refractivity (Wildman–Crippen MR) is 53.2 cm³/mol. The van der Waals surface area contributed by atoms with Crippen LogP contribution in [-0.2, 0) is 9.57 Å². The van der Waals surface area contributed by atoms with Crippen LogP contribution in [0.1, 0.15) is 13.8 Å². The smallest absolute Gasteiger partial charge is 0.167 e. The maximum Gasteiger partial charge on any atom is 0.167 e. The summed E-state index contributed by atoms with van der Waals surface area (Å²) in [6.45, 7) is 7.08. The molecule has 0 aromatic carbocycles. The number of hydrogen-bond acceptors (Lipinski definition) is 4. The minimum Gasteiger partial charge on any atom is -0.353 e. The Morgan fingerprint density at radius 2 is 1.92 bits per heavy atom. The third kappa shape index (κ3) is 6.91. The number of thioether (sulfide) groups is 1. The summed E-state index contributed by atoms with van der Waals surface area (Å²) < 4.78 is 5.22. The van der Waals surface area contributed by atoms with Crippen molar-refractivity contribution in [1.29, 1.82) is 0 Å². The lowest BCUT2D eigenvalue weighted by molar-refractivity contribution is -0.218. The summed E-state index contributed by atoms with van der Waals surface area (Å²) in [5, 5.41) is 1.87. The molecule has 0 N–H and O–H groups in total. The van der Waals surface area contributed by atoms with E-state index in [9.17, 15) is 0 Å². The number of hydrogen-bond donors (Lipinski definition) is 0. The van der Waals surface area contributed by atoms with Crippen LogP contribution < -0.4 is 0 Å². The van der Waals surface area contributed by atoms with E-state index < -0.39 is 0 Å². The molecule has 0 aliphatic carbocycles. The highest BCUT2D eigenvalue weighted by Crippen LogP contribution is 1.93. The van der Waals surface area contributed by atoms with E-state index in [4.69, 9.17) is 9.57 Å². The number of hydroxylamine groups is 2. The van der Waals surface area contributed by atoms with Crippen molar-refractivity contribution >= 4 is 11.8 Å². The Kier molecular flexibility index (Phi) is 9.50. The minimum atomic E-state index is 0.377. The standard InChI is InChI=1S/C8H19NO2S/c1-4-9(5-2)11-8-10-6-7-12-3/h4-8H2,1-3H3. The van der Waals surface area contributed by atoms with Crippen molar-refractivity contribution in [3.63, 3.8) is 0 Å². The van der Waals surface area contributed by atoms with Gasteiger partial charge in [0.1, 0.15) is 0 Å². The molecular formula is C8H19NO2S. The van der Waals surface area contributed by atoms with Crippen LogP contribution in [0.3, 0.4) is 0 Å². The zero-order valence-corrected chi connectivity index (χ0v) is 9.02. The molecular weight excluding hydrogens is 174 g/mol. The molecule has 74 valence electrons. The summed E-state index contributed by atoms with van der Waals surface area (Å²) in [5.41, 5.74) is 0. The van der Waals surface area contributed by atoms with Gasteiger partial charge in [-0.05, 0) is 6.26 Å². The van der Waals surface area contributed by atoms with Crippen LogP contribution in [-0.4, -0.2) is 43.6 Å². The third-order valence-electron chi connectivity index (χ3n) is 1.46. The lowest BCUT2D eigenvalue weighted by atomic mass is 10.6. The van der Waals surface area contributed by atoms with Crippen LogP contribution in [0.25, 0.3) is 0 Å². The molecule has 0 unspecified atom stereocenters. The molecule has 0 saturated heterocycles. The molecule has 0 aromatic heterocycles. The van der Waals surface area contributed by atoms with Gasteiger partial charge < -0.3 is 4.74 Å². The fraction of sp³-hybridized carbons (Fsp3) is 1.00. The van der Waals surface area contributed by atoms with Gasteiger partial charge in [0.05, 0.1) is 6.61 Å². The second-order valence-corrected chi connectivity index (χ2v) is 3.25. The molecule has 0 aliphatic rings. The van der Waals surface area contributed by atoms with Gasteiger partial charge in [-0.2, -0.15) is 16.8 Å². The van der Waals surface area contributed by atoms with Crippen molar-refractivity contribution < 1.29 is 9.57 Å². The molecule has 4 heteroatoms. The average molecular weight is 193 g/mol. The Morgan fingerprint density at radius 1 is 1.25 bits per heavy atom. The molecule has 0 atom stereocenters. The minimum absolute atomic E-state index is 0.377. The van der Waals surface area contributed by atoms with Gasteiger partial charge in [0.2, 0.25) is 0 Å². The molecule has 0 aliphatic heterocycles. The maximum absolute atomic E-state index is 5.29. The Balaban J connectivity index is 3.06. The molecule has 0 bridgehead atoms. The van der Waals surface area contributed by atoms with E-state index in [0.29, 0.717) is 6.79 Å². The van der Waals surface area contributed by atoms with Crippen molar-refractivity contribution in [3.8, 4) is 0 Å². The van der Waals surface area contributed by atoms with Crippen LogP contribution in [0.5, 0.6) is 0 Å². The molecule has 0 fully saturated rings. The quantitative estimate of drug-likeness (QED) is 0.331. The lowest BCUT2D eigenvalue weighted by Gasteiger charge is -2.17. The van der Waals surface area contributed by atoms with Crippen molar-refractivity contribution in [3.05, 3.63) is 0 Å². The van der Waals surface area contributed by atoms with Crippen LogP contribution in [0, 0.1) is 0 Å². The fourth-order valence-electron chi connectivity index (χ4n) is 0.719.